The Hall–Kier alpha value is -0.850. The molecule has 2 atom stereocenters. The summed E-state index contributed by atoms with van der Waals surface area (Å²) < 4.78 is 12.1. The number of hydrogen-bond acceptors (Lipinski definition) is 5. The maximum Gasteiger partial charge on any atom is 0.237 e. The van der Waals surface area contributed by atoms with Crippen LogP contribution < -0.4 is 10.5 Å². The van der Waals surface area contributed by atoms with Crippen LogP contribution >= 0.6 is 15.9 Å². The zero-order valence-corrected chi connectivity index (χ0v) is 12.3. The van der Waals surface area contributed by atoms with Gasteiger partial charge in [0.2, 0.25) is 5.88 Å². The van der Waals surface area contributed by atoms with Crippen LogP contribution in [0.4, 0.5) is 5.69 Å². The molecule has 0 saturated carbocycles. The van der Waals surface area contributed by atoms with E-state index in [2.05, 4.69) is 25.8 Å². The molecule has 104 valence electrons. The average Bonchev–Trinajstić information content (AvgIpc) is 2.36. The number of nitrogens with zero attached hydrogens (tertiary/aromatic N) is 2. The van der Waals surface area contributed by atoms with Crippen LogP contribution in [0.15, 0.2) is 16.7 Å². The summed E-state index contributed by atoms with van der Waals surface area (Å²) in [6.45, 7) is 3.82. The highest BCUT2D eigenvalue weighted by Crippen LogP contribution is 2.27. The van der Waals surface area contributed by atoms with Crippen molar-refractivity contribution in [2.24, 2.45) is 0 Å². The number of nitrogen functional groups attached to an aromatic ring is 1. The number of anilines is 1. The van der Waals surface area contributed by atoms with Crippen LogP contribution in [0.3, 0.4) is 0 Å². The third-order valence-electron chi connectivity index (χ3n) is 3.54. The lowest BCUT2D eigenvalue weighted by Gasteiger charge is -2.47. The smallest absolute Gasteiger partial charge is 0.237 e. The summed E-state index contributed by atoms with van der Waals surface area (Å²) in [5, 5.41) is 0. The molecule has 3 aliphatic rings. The molecule has 0 aliphatic carbocycles. The SMILES string of the molecule is Nc1cc(Br)cnc1OCCCN1CC2CC(C1)O2. The standard InChI is InChI=1S/C13H18BrN3O2/c14-9-4-12(15)13(16-6-9)18-3-1-2-17-7-10-5-11(8-17)19-10/h4,6,10-11H,1-3,5,7-8,15H2. The van der Waals surface area contributed by atoms with Crippen molar-refractivity contribution in [2.75, 3.05) is 32.0 Å². The molecule has 2 bridgehead atoms. The van der Waals surface area contributed by atoms with Gasteiger partial charge in [-0.3, -0.25) is 4.90 Å². The predicted octanol–water partition coefficient (Wildman–Crippen LogP) is 1.67. The molecule has 0 amide bonds. The normalized spacial score (nSPS) is 25.9. The van der Waals surface area contributed by atoms with Crippen molar-refractivity contribution in [2.45, 2.75) is 25.0 Å². The largest absolute Gasteiger partial charge is 0.476 e. The van der Waals surface area contributed by atoms with E-state index in [0.717, 1.165) is 30.5 Å². The molecular formula is C13H18BrN3O2. The third kappa shape index (κ3) is 3.19. The quantitative estimate of drug-likeness (QED) is 0.833. The molecule has 4 rings (SSSR count). The lowest BCUT2D eigenvalue weighted by atomic mass is 9.99. The van der Waals surface area contributed by atoms with Crippen LogP contribution in [-0.4, -0.2) is 48.3 Å². The third-order valence-corrected chi connectivity index (χ3v) is 3.97. The van der Waals surface area contributed by atoms with E-state index in [1.165, 1.54) is 6.42 Å². The van der Waals surface area contributed by atoms with Crippen LogP contribution in [0.5, 0.6) is 5.88 Å². The molecule has 3 saturated heterocycles. The van der Waals surface area contributed by atoms with Crippen molar-refractivity contribution in [3.05, 3.63) is 16.7 Å². The van der Waals surface area contributed by atoms with Gasteiger partial charge in [-0.2, -0.15) is 0 Å². The Morgan fingerprint density at radius 3 is 2.89 bits per heavy atom. The van der Waals surface area contributed by atoms with Gasteiger partial charge >= 0.3 is 0 Å². The molecule has 2 unspecified atom stereocenters. The molecule has 2 N–H and O–H groups in total. The molecule has 0 radical (unpaired) electrons. The Morgan fingerprint density at radius 1 is 1.47 bits per heavy atom. The van der Waals surface area contributed by atoms with Gasteiger partial charge in [0, 0.05) is 36.7 Å². The summed E-state index contributed by atoms with van der Waals surface area (Å²) in [4.78, 5) is 6.60. The zero-order chi connectivity index (χ0) is 13.2. The number of hydrogen-bond donors (Lipinski definition) is 1. The summed E-state index contributed by atoms with van der Waals surface area (Å²) in [7, 11) is 0. The number of ether oxygens (including phenoxy) is 2. The number of aromatic nitrogens is 1. The van der Waals surface area contributed by atoms with Crippen LogP contribution in [-0.2, 0) is 4.74 Å². The number of rotatable bonds is 5. The lowest BCUT2D eigenvalue weighted by molar-refractivity contribution is -0.180. The van der Waals surface area contributed by atoms with Crippen molar-refractivity contribution in [3.8, 4) is 5.88 Å². The minimum Gasteiger partial charge on any atom is -0.476 e. The number of halogens is 1. The highest BCUT2D eigenvalue weighted by Gasteiger charge is 2.37. The van der Waals surface area contributed by atoms with Gasteiger partial charge in [-0.25, -0.2) is 4.98 Å². The van der Waals surface area contributed by atoms with Crippen molar-refractivity contribution in [3.63, 3.8) is 0 Å². The lowest BCUT2D eigenvalue weighted by Crippen LogP contribution is -2.57. The van der Waals surface area contributed by atoms with E-state index in [-0.39, 0.29) is 0 Å². The number of nitrogens with two attached hydrogens (primary N) is 1. The monoisotopic (exact) mass is 327 g/mol. The van der Waals surface area contributed by atoms with E-state index in [9.17, 15) is 0 Å². The van der Waals surface area contributed by atoms with Crippen LogP contribution in [0.25, 0.3) is 0 Å². The summed E-state index contributed by atoms with van der Waals surface area (Å²) in [6, 6.07) is 1.80. The topological polar surface area (TPSA) is 60.6 Å². The second-order valence-electron chi connectivity index (χ2n) is 5.13. The fourth-order valence-corrected chi connectivity index (χ4v) is 2.99. The number of fused-ring (bicyclic) bond motifs is 2. The van der Waals surface area contributed by atoms with Crippen molar-refractivity contribution < 1.29 is 9.47 Å². The Balaban J connectivity index is 1.38. The summed E-state index contributed by atoms with van der Waals surface area (Å²) in [5.74, 6) is 0.521. The first kappa shape index (κ1) is 13.1. The second-order valence-corrected chi connectivity index (χ2v) is 6.04. The Labute approximate surface area is 121 Å². The van der Waals surface area contributed by atoms with E-state index in [4.69, 9.17) is 15.2 Å². The Kier molecular flexibility index (Phi) is 3.91. The van der Waals surface area contributed by atoms with Gasteiger partial charge in [-0.1, -0.05) is 0 Å². The second kappa shape index (κ2) is 5.64. The first-order valence-corrected chi connectivity index (χ1v) is 7.41. The first-order chi connectivity index (χ1) is 9.20. The van der Waals surface area contributed by atoms with Crippen LogP contribution in [0.1, 0.15) is 12.8 Å². The molecular weight excluding hydrogens is 310 g/mol. The van der Waals surface area contributed by atoms with E-state index >= 15 is 0 Å². The predicted molar refractivity (Wildman–Crippen MR) is 76.2 cm³/mol. The van der Waals surface area contributed by atoms with Gasteiger partial charge in [0.25, 0.3) is 0 Å². The van der Waals surface area contributed by atoms with E-state index in [0.29, 0.717) is 30.4 Å². The molecule has 0 spiro atoms. The van der Waals surface area contributed by atoms with Crippen molar-refractivity contribution in [1.82, 2.24) is 9.88 Å². The zero-order valence-electron chi connectivity index (χ0n) is 10.7. The van der Waals surface area contributed by atoms with Crippen molar-refractivity contribution >= 4 is 21.6 Å². The molecule has 0 aromatic carbocycles. The van der Waals surface area contributed by atoms with Gasteiger partial charge in [-0.15, -0.1) is 0 Å². The fourth-order valence-electron chi connectivity index (χ4n) is 2.64. The highest BCUT2D eigenvalue weighted by atomic mass is 79.9. The molecule has 1 aromatic rings. The van der Waals surface area contributed by atoms with E-state index in [1.54, 1.807) is 12.3 Å². The first-order valence-electron chi connectivity index (χ1n) is 6.62. The van der Waals surface area contributed by atoms with E-state index < -0.39 is 0 Å². The van der Waals surface area contributed by atoms with Gasteiger partial charge in [-0.05, 0) is 28.4 Å². The van der Waals surface area contributed by atoms with Crippen molar-refractivity contribution in [1.29, 1.82) is 0 Å². The molecule has 5 nitrogen and oxygen atoms in total. The maximum atomic E-state index is 5.83. The molecule has 4 heterocycles. The van der Waals surface area contributed by atoms with Gasteiger partial charge in [0.1, 0.15) is 0 Å². The molecule has 3 aliphatic heterocycles. The van der Waals surface area contributed by atoms with Crippen LogP contribution in [0, 0.1) is 0 Å². The number of morpholine rings is 1. The highest BCUT2D eigenvalue weighted by molar-refractivity contribution is 9.10. The Bertz CT molecular complexity index is 442. The molecule has 3 fully saturated rings. The Morgan fingerprint density at radius 2 is 2.21 bits per heavy atom. The minimum absolute atomic E-state index is 0.475. The molecule has 1 aromatic heterocycles. The summed E-state index contributed by atoms with van der Waals surface area (Å²) in [5.41, 5.74) is 6.40. The van der Waals surface area contributed by atoms with Gasteiger partial charge < -0.3 is 15.2 Å². The minimum atomic E-state index is 0.475. The number of pyridine rings is 1. The summed E-state index contributed by atoms with van der Waals surface area (Å²) in [6.07, 6.45) is 4.87. The summed E-state index contributed by atoms with van der Waals surface area (Å²) >= 11 is 3.32. The molecule has 19 heavy (non-hydrogen) atoms. The van der Waals surface area contributed by atoms with E-state index in [1.807, 2.05) is 0 Å². The maximum absolute atomic E-state index is 5.83. The van der Waals surface area contributed by atoms with Gasteiger partial charge in [0.05, 0.1) is 24.5 Å². The van der Waals surface area contributed by atoms with Gasteiger partial charge in [0.15, 0.2) is 0 Å². The molecule has 6 heteroatoms. The fraction of sp³-hybridized carbons (Fsp3) is 0.615. The van der Waals surface area contributed by atoms with Crippen LogP contribution in [0.2, 0.25) is 0 Å². The number of piperidine rings is 1. The average molecular weight is 328 g/mol.